The Labute approximate surface area is 180 Å². The van der Waals surface area contributed by atoms with Gasteiger partial charge in [0.1, 0.15) is 5.82 Å². The molecule has 1 heterocycles. The molecule has 1 fully saturated rings. The van der Waals surface area contributed by atoms with E-state index in [4.69, 9.17) is 0 Å². The number of nitrogens with one attached hydrogen (secondary N) is 1. The highest BCUT2D eigenvalue weighted by Crippen LogP contribution is 2.28. The summed E-state index contributed by atoms with van der Waals surface area (Å²) in [5.41, 5.74) is 1.66. The van der Waals surface area contributed by atoms with Gasteiger partial charge in [-0.05, 0) is 43.0 Å². The molecule has 1 saturated carbocycles. The molecule has 4 rings (SSSR count). The van der Waals surface area contributed by atoms with E-state index < -0.39 is 0 Å². The number of rotatable bonds is 6. The highest BCUT2D eigenvalue weighted by atomic mass is 32.2. The van der Waals surface area contributed by atoms with Crippen molar-refractivity contribution in [3.05, 3.63) is 60.4 Å². The first kappa shape index (κ1) is 20.6. The van der Waals surface area contributed by atoms with E-state index in [9.17, 15) is 9.18 Å². The molecule has 1 aliphatic rings. The fraction of sp³-hybridized carbons (Fsp3) is 0.348. The van der Waals surface area contributed by atoms with Gasteiger partial charge in [-0.25, -0.2) is 4.39 Å². The first-order valence-electron chi connectivity index (χ1n) is 10.3. The fourth-order valence-electron chi connectivity index (χ4n) is 3.87. The number of aromatic nitrogens is 3. The average Bonchev–Trinajstić information content (AvgIpc) is 3.19. The van der Waals surface area contributed by atoms with Crippen LogP contribution < -0.4 is 5.32 Å². The van der Waals surface area contributed by atoms with Gasteiger partial charge in [0.15, 0.2) is 11.0 Å². The smallest absolute Gasteiger partial charge is 0.230 e. The monoisotopic (exact) mass is 424 g/mol. The second kappa shape index (κ2) is 9.43. The molecule has 1 aliphatic carbocycles. The summed E-state index contributed by atoms with van der Waals surface area (Å²) in [6, 6.07) is 16.2. The molecule has 0 radical (unpaired) electrons. The number of hydrogen-bond donors (Lipinski definition) is 1. The summed E-state index contributed by atoms with van der Waals surface area (Å²) in [5, 5.41) is 12.5. The molecule has 1 amide bonds. The average molecular weight is 425 g/mol. The van der Waals surface area contributed by atoms with Crippen LogP contribution in [0.5, 0.6) is 0 Å². The lowest BCUT2D eigenvalue weighted by molar-refractivity contribution is -0.119. The summed E-state index contributed by atoms with van der Waals surface area (Å²) in [6.07, 6.45) is 4.62. The molecule has 0 unspecified atom stereocenters. The van der Waals surface area contributed by atoms with Crippen molar-refractivity contribution in [2.75, 3.05) is 5.75 Å². The first-order valence-corrected chi connectivity index (χ1v) is 11.3. The van der Waals surface area contributed by atoms with Crippen LogP contribution in [0.2, 0.25) is 0 Å². The molecule has 7 heteroatoms. The minimum Gasteiger partial charge on any atom is -0.352 e. The van der Waals surface area contributed by atoms with Crippen LogP contribution in [-0.2, 0) is 4.79 Å². The molecule has 1 aromatic heterocycles. The molecular formula is C23H25FN4OS. The highest BCUT2D eigenvalue weighted by Gasteiger charge is 2.23. The molecule has 2 aromatic carbocycles. The van der Waals surface area contributed by atoms with Crippen LogP contribution >= 0.6 is 11.8 Å². The van der Waals surface area contributed by atoms with Gasteiger partial charge in [-0.1, -0.05) is 61.9 Å². The third kappa shape index (κ3) is 4.73. The maximum Gasteiger partial charge on any atom is 0.230 e. The SMILES string of the molecule is C[C@@H]1CCCC[C@H]1NC(=O)CSc1nnc(-c2ccccc2)n1-c1ccc(F)cc1. The summed E-state index contributed by atoms with van der Waals surface area (Å²) in [5.74, 6) is 1.14. The number of nitrogens with zero attached hydrogens (tertiary/aromatic N) is 3. The predicted molar refractivity (Wildman–Crippen MR) is 117 cm³/mol. The van der Waals surface area contributed by atoms with Crippen molar-refractivity contribution in [2.45, 2.75) is 43.8 Å². The quantitative estimate of drug-likeness (QED) is 0.574. The zero-order chi connectivity index (χ0) is 20.9. The third-order valence-corrected chi connectivity index (χ3v) is 6.47. The van der Waals surface area contributed by atoms with Crippen LogP contribution in [-0.4, -0.2) is 32.5 Å². The predicted octanol–water partition coefficient (Wildman–Crippen LogP) is 4.86. The van der Waals surface area contributed by atoms with E-state index in [2.05, 4.69) is 22.4 Å². The molecule has 0 aliphatic heterocycles. The van der Waals surface area contributed by atoms with Crippen molar-refractivity contribution >= 4 is 17.7 Å². The maximum atomic E-state index is 13.5. The molecule has 3 aromatic rings. The van der Waals surface area contributed by atoms with Gasteiger partial charge in [0.05, 0.1) is 5.75 Å². The van der Waals surface area contributed by atoms with Crippen molar-refractivity contribution in [2.24, 2.45) is 5.92 Å². The van der Waals surface area contributed by atoms with Crippen LogP contribution in [0.4, 0.5) is 4.39 Å². The molecule has 156 valence electrons. The molecular weight excluding hydrogens is 399 g/mol. The highest BCUT2D eigenvalue weighted by molar-refractivity contribution is 7.99. The van der Waals surface area contributed by atoms with Gasteiger partial charge < -0.3 is 5.32 Å². The van der Waals surface area contributed by atoms with Crippen LogP contribution in [0.1, 0.15) is 32.6 Å². The van der Waals surface area contributed by atoms with E-state index in [0.717, 1.165) is 24.1 Å². The fourth-order valence-corrected chi connectivity index (χ4v) is 4.63. The number of carbonyl (C=O) groups is 1. The van der Waals surface area contributed by atoms with E-state index in [-0.39, 0.29) is 23.5 Å². The van der Waals surface area contributed by atoms with Gasteiger partial charge in [-0.15, -0.1) is 10.2 Å². The summed E-state index contributed by atoms with van der Waals surface area (Å²) in [6.45, 7) is 2.20. The molecule has 5 nitrogen and oxygen atoms in total. The van der Waals surface area contributed by atoms with Gasteiger partial charge in [0.2, 0.25) is 5.91 Å². The van der Waals surface area contributed by atoms with Gasteiger partial charge >= 0.3 is 0 Å². The van der Waals surface area contributed by atoms with Crippen LogP contribution in [0.15, 0.2) is 59.8 Å². The van der Waals surface area contributed by atoms with Crippen molar-refractivity contribution < 1.29 is 9.18 Å². The number of benzene rings is 2. The van der Waals surface area contributed by atoms with Crippen LogP contribution in [0, 0.1) is 11.7 Å². The Morgan fingerprint density at radius 3 is 2.57 bits per heavy atom. The summed E-state index contributed by atoms with van der Waals surface area (Å²) in [7, 11) is 0. The first-order chi connectivity index (χ1) is 14.6. The molecule has 2 atom stereocenters. The Hall–Kier alpha value is -2.67. The standard InChI is InChI=1S/C23H25FN4OS/c1-16-7-5-6-10-20(16)25-21(29)15-30-23-27-26-22(17-8-3-2-4-9-17)28(23)19-13-11-18(24)12-14-19/h2-4,8-9,11-14,16,20H,5-7,10,15H2,1H3,(H,25,29)/t16-,20-/m1/s1. The zero-order valence-electron chi connectivity index (χ0n) is 16.9. The Kier molecular flexibility index (Phi) is 6.47. The third-order valence-electron chi connectivity index (χ3n) is 5.54. The van der Waals surface area contributed by atoms with E-state index >= 15 is 0 Å². The van der Waals surface area contributed by atoms with Crippen LogP contribution in [0.3, 0.4) is 0 Å². The van der Waals surface area contributed by atoms with Gasteiger partial charge in [0.25, 0.3) is 0 Å². The van der Waals surface area contributed by atoms with Gasteiger partial charge in [-0.3, -0.25) is 9.36 Å². The Balaban J connectivity index is 1.55. The van der Waals surface area contributed by atoms with E-state index in [1.807, 2.05) is 34.9 Å². The van der Waals surface area contributed by atoms with Crippen molar-refractivity contribution in [3.8, 4) is 17.1 Å². The molecule has 0 spiro atoms. The zero-order valence-corrected chi connectivity index (χ0v) is 17.7. The number of carbonyl (C=O) groups excluding carboxylic acids is 1. The minimum absolute atomic E-state index is 0.00803. The second-order valence-corrected chi connectivity index (χ2v) is 8.65. The largest absolute Gasteiger partial charge is 0.352 e. The minimum atomic E-state index is -0.303. The van der Waals surface area contributed by atoms with Crippen molar-refractivity contribution in [3.63, 3.8) is 0 Å². The lowest BCUT2D eigenvalue weighted by Gasteiger charge is -2.29. The molecule has 0 saturated heterocycles. The molecule has 1 N–H and O–H groups in total. The number of hydrogen-bond acceptors (Lipinski definition) is 4. The van der Waals surface area contributed by atoms with Crippen molar-refractivity contribution in [1.82, 2.24) is 20.1 Å². The number of halogens is 1. The van der Waals surface area contributed by atoms with E-state index in [1.54, 1.807) is 12.1 Å². The van der Waals surface area contributed by atoms with E-state index in [0.29, 0.717) is 16.9 Å². The summed E-state index contributed by atoms with van der Waals surface area (Å²) in [4.78, 5) is 12.6. The Morgan fingerprint density at radius 2 is 1.83 bits per heavy atom. The molecule has 0 bridgehead atoms. The Morgan fingerprint density at radius 1 is 1.10 bits per heavy atom. The van der Waals surface area contributed by atoms with Gasteiger partial charge in [-0.2, -0.15) is 0 Å². The normalized spacial score (nSPS) is 18.9. The lowest BCUT2D eigenvalue weighted by Crippen LogP contribution is -2.41. The topological polar surface area (TPSA) is 59.8 Å². The molecule has 30 heavy (non-hydrogen) atoms. The number of amides is 1. The lowest BCUT2D eigenvalue weighted by atomic mass is 9.86. The summed E-state index contributed by atoms with van der Waals surface area (Å²) < 4.78 is 15.3. The Bertz CT molecular complexity index is 990. The van der Waals surface area contributed by atoms with Crippen molar-refractivity contribution in [1.29, 1.82) is 0 Å². The van der Waals surface area contributed by atoms with Crippen LogP contribution in [0.25, 0.3) is 17.1 Å². The maximum absolute atomic E-state index is 13.5. The van der Waals surface area contributed by atoms with Gasteiger partial charge in [0, 0.05) is 17.3 Å². The van der Waals surface area contributed by atoms with E-state index in [1.165, 1.54) is 36.7 Å². The second-order valence-electron chi connectivity index (χ2n) is 7.71. The number of thioether (sulfide) groups is 1. The summed E-state index contributed by atoms with van der Waals surface area (Å²) >= 11 is 1.34.